The normalized spacial score (nSPS) is 10.2. The Morgan fingerprint density at radius 3 is 2.44 bits per heavy atom. The van der Waals surface area contributed by atoms with Gasteiger partial charge >= 0.3 is 5.97 Å². The summed E-state index contributed by atoms with van der Waals surface area (Å²) in [6.45, 7) is 2.00. The minimum Gasteiger partial charge on any atom is -0.504 e. The number of amides is 1. The first-order valence-electron chi connectivity index (χ1n) is 7.75. The summed E-state index contributed by atoms with van der Waals surface area (Å²) in [5, 5.41) is 9.93. The Morgan fingerprint density at radius 1 is 1.12 bits per heavy atom. The number of hydrogen-bond donors (Lipinski definition) is 1. The molecule has 0 aliphatic heterocycles. The van der Waals surface area contributed by atoms with Crippen LogP contribution in [0.3, 0.4) is 0 Å². The second kappa shape index (κ2) is 8.19. The lowest BCUT2D eigenvalue weighted by molar-refractivity contribution is -0.133. The van der Waals surface area contributed by atoms with Gasteiger partial charge in [0.1, 0.15) is 5.56 Å². The van der Waals surface area contributed by atoms with E-state index in [-0.39, 0.29) is 23.0 Å². The highest BCUT2D eigenvalue weighted by Gasteiger charge is 2.18. The Morgan fingerprint density at radius 2 is 1.80 bits per heavy atom. The molecule has 2 aromatic carbocycles. The van der Waals surface area contributed by atoms with Crippen LogP contribution in [0.2, 0.25) is 0 Å². The number of para-hydroxylation sites is 1. The van der Waals surface area contributed by atoms with Gasteiger partial charge in [0.25, 0.3) is 5.91 Å². The highest BCUT2D eigenvalue weighted by atomic mass is 16.5. The molecule has 132 valence electrons. The second-order valence-corrected chi connectivity index (χ2v) is 5.67. The molecule has 0 spiro atoms. The molecule has 0 heterocycles. The zero-order valence-electron chi connectivity index (χ0n) is 14.5. The quantitative estimate of drug-likeness (QED) is 0.816. The number of methoxy groups -OCH3 is 1. The third-order valence-corrected chi connectivity index (χ3v) is 3.73. The molecule has 2 aromatic rings. The number of aromatic hydroxyl groups is 1. The van der Waals surface area contributed by atoms with Crippen LogP contribution in [0, 0.1) is 6.92 Å². The van der Waals surface area contributed by atoms with Crippen molar-refractivity contribution >= 4 is 11.9 Å². The molecule has 0 atom stereocenters. The molecule has 6 nitrogen and oxygen atoms in total. The lowest BCUT2D eigenvalue weighted by Crippen LogP contribution is -2.30. The number of ether oxygens (including phenoxy) is 2. The van der Waals surface area contributed by atoms with Crippen LogP contribution < -0.4 is 4.74 Å². The molecule has 0 aliphatic carbocycles. The van der Waals surface area contributed by atoms with E-state index < -0.39 is 12.6 Å². The predicted molar refractivity (Wildman–Crippen MR) is 92.6 cm³/mol. The summed E-state index contributed by atoms with van der Waals surface area (Å²) in [5.74, 6) is -1.27. The Bertz CT molecular complexity index is 755. The SMILES string of the molecule is COc1cccc(C(=O)OCC(=O)N(C)Cc2ccc(C)cc2)c1O. The van der Waals surface area contributed by atoms with Crippen LogP contribution in [0.25, 0.3) is 0 Å². The Labute approximate surface area is 146 Å². The third kappa shape index (κ3) is 4.73. The van der Waals surface area contributed by atoms with Crippen LogP contribution in [0.15, 0.2) is 42.5 Å². The molecule has 6 heteroatoms. The third-order valence-electron chi connectivity index (χ3n) is 3.73. The van der Waals surface area contributed by atoms with Crippen LogP contribution in [-0.2, 0) is 16.1 Å². The maximum atomic E-state index is 12.1. The van der Waals surface area contributed by atoms with Gasteiger partial charge < -0.3 is 19.5 Å². The van der Waals surface area contributed by atoms with Gasteiger partial charge in [0.15, 0.2) is 18.1 Å². The fourth-order valence-corrected chi connectivity index (χ4v) is 2.22. The van der Waals surface area contributed by atoms with Crippen LogP contribution in [0.4, 0.5) is 0 Å². The van der Waals surface area contributed by atoms with E-state index in [0.29, 0.717) is 6.54 Å². The van der Waals surface area contributed by atoms with Crippen molar-refractivity contribution < 1.29 is 24.2 Å². The average Bonchev–Trinajstić information content (AvgIpc) is 2.61. The Balaban J connectivity index is 1.92. The minimum atomic E-state index is -0.784. The van der Waals surface area contributed by atoms with Gasteiger partial charge in [0.2, 0.25) is 0 Å². The van der Waals surface area contributed by atoms with E-state index in [2.05, 4.69) is 0 Å². The fourth-order valence-electron chi connectivity index (χ4n) is 2.22. The van der Waals surface area contributed by atoms with Gasteiger partial charge in [0, 0.05) is 13.6 Å². The molecule has 0 bridgehead atoms. The van der Waals surface area contributed by atoms with Crippen molar-refractivity contribution in [1.29, 1.82) is 0 Å². The van der Waals surface area contributed by atoms with Crippen molar-refractivity contribution in [1.82, 2.24) is 4.90 Å². The summed E-state index contributed by atoms with van der Waals surface area (Å²) in [4.78, 5) is 25.6. The monoisotopic (exact) mass is 343 g/mol. The van der Waals surface area contributed by atoms with E-state index in [1.807, 2.05) is 31.2 Å². The lowest BCUT2D eigenvalue weighted by Gasteiger charge is -2.17. The van der Waals surface area contributed by atoms with E-state index >= 15 is 0 Å². The van der Waals surface area contributed by atoms with Gasteiger partial charge in [-0.05, 0) is 24.6 Å². The zero-order valence-corrected chi connectivity index (χ0v) is 14.5. The van der Waals surface area contributed by atoms with Crippen LogP contribution in [-0.4, -0.2) is 42.6 Å². The first-order chi connectivity index (χ1) is 11.9. The van der Waals surface area contributed by atoms with E-state index in [9.17, 15) is 14.7 Å². The molecule has 0 saturated carbocycles. The van der Waals surface area contributed by atoms with Gasteiger partial charge in [-0.1, -0.05) is 35.9 Å². The number of aryl methyl sites for hydroxylation is 1. The van der Waals surface area contributed by atoms with E-state index in [1.54, 1.807) is 13.1 Å². The molecule has 0 unspecified atom stereocenters. The molecule has 1 amide bonds. The van der Waals surface area contributed by atoms with Crippen molar-refractivity contribution in [2.75, 3.05) is 20.8 Å². The molecule has 0 saturated heterocycles. The summed E-state index contributed by atoms with van der Waals surface area (Å²) < 4.78 is 9.94. The highest BCUT2D eigenvalue weighted by molar-refractivity contribution is 5.94. The summed E-state index contributed by atoms with van der Waals surface area (Å²) in [7, 11) is 3.02. The maximum Gasteiger partial charge on any atom is 0.342 e. The largest absolute Gasteiger partial charge is 0.504 e. The van der Waals surface area contributed by atoms with Crippen LogP contribution in [0.1, 0.15) is 21.5 Å². The topological polar surface area (TPSA) is 76.1 Å². The number of carbonyl (C=O) groups is 2. The standard InChI is InChI=1S/C19H21NO5/c1-13-7-9-14(10-8-13)11-20(2)17(21)12-25-19(23)15-5-4-6-16(24-3)18(15)22/h4-10,22H,11-12H2,1-3H3. The summed E-state index contributed by atoms with van der Waals surface area (Å²) in [6, 6.07) is 12.3. The molecule has 0 aliphatic rings. The van der Waals surface area contributed by atoms with Crippen molar-refractivity contribution in [3.05, 3.63) is 59.2 Å². The van der Waals surface area contributed by atoms with Crippen molar-refractivity contribution in [3.63, 3.8) is 0 Å². The van der Waals surface area contributed by atoms with Crippen LogP contribution >= 0.6 is 0 Å². The van der Waals surface area contributed by atoms with Gasteiger partial charge in [-0.3, -0.25) is 4.79 Å². The van der Waals surface area contributed by atoms with Crippen molar-refractivity contribution in [2.24, 2.45) is 0 Å². The number of phenols is 1. The van der Waals surface area contributed by atoms with Gasteiger partial charge in [0.05, 0.1) is 7.11 Å². The molecular formula is C19H21NO5. The first kappa shape index (κ1) is 18.3. The molecule has 0 aromatic heterocycles. The highest BCUT2D eigenvalue weighted by Crippen LogP contribution is 2.29. The number of rotatable bonds is 6. The van der Waals surface area contributed by atoms with E-state index in [1.165, 1.54) is 24.1 Å². The number of nitrogens with zero attached hydrogens (tertiary/aromatic N) is 1. The van der Waals surface area contributed by atoms with Crippen LogP contribution in [0.5, 0.6) is 11.5 Å². The number of hydrogen-bond acceptors (Lipinski definition) is 5. The average molecular weight is 343 g/mol. The number of benzene rings is 2. The maximum absolute atomic E-state index is 12.1. The summed E-state index contributed by atoms with van der Waals surface area (Å²) in [6.07, 6.45) is 0. The number of esters is 1. The van der Waals surface area contributed by atoms with Gasteiger partial charge in [-0.2, -0.15) is 0 Å². The van der Waals surface area contributed by atoms with E-state index in [0.717, 1.165) is 11.1 Å². The van der Waals surface area contributed by atoms with E-state index in [4.69, 9.17) is 9.47 Å². The number of phenolic OH excluding ortho intramolecular Hbond substituents is 1. The van der Waals surface area contributed by atoms with Gasteiger partial charge in [-0.25, -0.2) is 4.79 Å². The molecular weight excluding hydrogens is 322 g/mol. The zero-order chi connectivity index (χ0) is 18.4. The molecule has 0 fully saturated rings. The summed E-state index contributed by atoms with van der Waals surface area (Å²) in [5.41, 5.74) is 2.08. The first-order valence-corrected chi connectivity index (χ1v) is 7.75. The van der Waals surface area contributed by atoms with Gasteiger partial charge in [-0.15, -0.1) is 0 Å². The molecule has 0 radical (unpaired) electrons. The number of carbonyl (C=O) groups excluding carboxylic acids is 2. The predicted octanol–water partition coefficient (Wildman–Crippen LogP) is 2.52. The summed E-state index contributed by atoms with van der Waals surface area (Å²) >= 11 is 0. The smallest absolute Gasteiger partial charge is 0.342 e. The second-order valence-electron chi connectivity index (χ2n) is 5.67. The molecule has 25 heavy (non-hydrogen) atoms. The minimum absolute atomic E-state index is 0.0478. The molecule has 1 N–H and O–H groups in total. The van der Waals surface area contributed by atoms with Crippen molar-refractivity contribution in [3.8, 4) is 11.5 Å². The lowest BCUT2D eigenvalue weighted by atomic mass is 10.1. The Kier molecular flexibility index (Phi) is 6.00. The molecule has 2 rings (SSSR count). The van der Waals surface area contributed by atoms with Crippen molar-refractivity contribution in [2.45, 2.75) is 13.5 Å². The Hall–Kier alpha value is -3.02. The number of likely N-dealkylation sites (N-methyl/N-ethyl adjacent to an activating group) is 1. The fraction of sp³-hybridized carbons (Fsp3) is 0.263.